The minimum Gasteiger partial charge on any atom is -0.330 e. The van der Waals surface area contributed by atoms with Crippen LogP contribution in [0, 0.1) is 5.92 Å². The number of hydrogen-bond acceptors (Lipinski definition) is 1. The van der Waals surface area contributed by atoms with Crippen molar-refractivity contribution >= 4 is 0 Å². The van der Waals surface area contributed by atoms with E-state index in [1.807, 2.05) is 0 Å². The zero-order valence-corrected chi connectivity index (χ0v) is 7.10. The van der Waals surface area contributed by atoms with Crippen LogP contribution in [0.3, 0.4) is 0 Å². The molecule has 1 unspecified atom stereocenters. The summed E-state index contributed by atoms with van der Waals surface area (Å²) in [7, 11) is 0. The maximum Gasteiger partial charge on any atom is -0.00490 e. The number of nitrogens with two attached hydrogens (primary N) is 1. The first-order valence-electron chi connectivity index (χ1n) is 4.05. The Morgan fingerprint density at radius 1 is 1.30 bits per heavy atom. The van der Waals surface area contributed by atoms with Crippen LogP contribution >= 0.6 is 0 Å². The van der Waals surface area contributed by atoms with Gasteiger partial charge in [-0.2, -0.15) is 0 Å². The summed E-state index contributed by atoms with van der Waals surface area (Å²) in [6.07, 6.45) is 5.21. The molecule has 2 heteroatoms. The van der Waals surface area contributed by atoms with Crippen LogP contribution in [0.1, 0.15) is 39.5 Å². The van der Waals surface area contributed by atoms with E-state index >= 15 is 0 Å². The Morgan fingerprint density at radius 3 is 2.20 bits per heavy atom. The fourth-order valence-electron chi connectivity index (χ4n) is 0.981. The molecule has 0 radical (unpaired) electrons. The first kappa shape index (κ1) is 12.6. The molecule has 0 heterocycles. The second-order valence-corrected chi connectivity index (χ2v) is 2.65. The zero-order chi connectivity index (χ0) is 7.11. The fraction of sp³-hybridized carbons (Fsp3) is 1.00. The van der Waals surface area contributed by atoms with Crippen LogP contribution in [-0.4, -0.2) is 6.54 Å². The molecule has 0 spiro atoms. The SMILES string of the molecule is CCCCC(CC)CN.F. The third kappa shape index (κ3) is 6.02. The van der Waals surface area contributed by atoms with E-state index in [1.54, 1.807) is 0 Å². The van der Waals surface area contributed by atoms with Gasteiger partial charge in [-0.15, -0.1) is 0 Å². The molecule has 0 fully saturated rings. The van der Waals surface area contributed by atoms with Crippen molar-refractivity contribution in [2.75, 3.05) is 6.54 Å². The molecule has 0 saturated heterocycles. The molecule has 64 valence electrons. The van der Waals surface area contributed by atoms with Crippen molar-refractivity contribution in [2.45, 2.75) is 39.5 Å². The summed E-state index contributed by atoms with van der Waals surface area (Å²) >= 11 is 0. The lowest BCUT2D eigenvalue weighted by Crippen LogP contribution is -2.12. The van der Waals surface area contributed by atoms with Crippen LogP contribution in [0.4, 0.5) is 4.70 Å². The highest BCUT2D eigenvalue weighted by Gasteiger charge is 2.00. The summed E-state index contributed by atoms with van der Waals surface area (Å²) in [5.74, 6) is 0.782. The van der Waals surface area contributed by atoms with E-state index in [-0.39, 0.29) is 4.70 Å². The summed E-state index contributed by atoms with van der Waals surface area (Å²) < 4.78 is 0. The van der Waals surface area contributed by atoms with Gasteiger partial charge in [0.1, 0.15) is 0 Å². The Kier molecular flexibility index (Phi) is 11.2. The van der Waals surface area contributed by atoms with Crippen molar-refractivity contribution in [3.05, 3.63) is 0 Å². The smallest absolute Gasteiger partial charge is 0.00490 e. The van der Waals surface area contributed by atoms with Crippen LogP contribution in [-0.2, 0) is 0 Å². The van der Waals surface area contributed by atoms with Crippen LogP contribution in [0.15, 0.2) is 0 Å². The van der Waals surface area contributed by atoms with E-state index in [0.29, 0.717) is 0 Å². The molecule has 0 rings (SSSR count). The Bertz CT molecular complexity index is 53.2. The van der Waals surface area contributed by atoms with Gasteiger partial charge in [0.15, 0.2) is 0 Å². The minimum atomic E-state index is 0. The van der Waals surface area contributed by atoms with Crippen LogP contribution in [0.5, 0.6) is 0 Å². The summed E-state index contributed by atoms with van der Waals surface area (Å²) in [5.41, 5.74) is 5.52. The molecule has 0 bridgehead atoms. The van der Waals surface area contributed by atoms with Crippen LogP contribution in [0.25, 0.3) is 0 Å². The van der Waals surface area contributed by atoms with Gasteiger partial charge in [0.05, 0.1) is 0 Å². The van der Waals surface area contributed by atoms with E-state index in [1.165, 1.54) is 25.7 Å². The van der Waals surface area contributed by atoms with Gasteiger partial charge in [-0.05, 0) is 18.9 Å². The molecule has 0 aromatic rings. The first-order chi connectivity index (χ1) is 4.35. The topological polar surface area (TPSA) is 26.0 Å². The highest BCUT2D eigenvalue weighted by atomic mass is 19.0. The van der Waals surface area contributed by atoms with Gasteiger partial charge >= 0.3 is 0 Å². The highest BCUT2D eigenvalue weighted by molar-refractivity contribution is 4.56. The predicted molar refractivity (Wildman–Crippen MR) is 44.9 cm³/mol. The third-order valence-electron chi connectivity index (χ3n) is 1.88. The average molecular weight is 149 g/mol. The Balaban J connectivity index is 0. The van der Waals surface area contributed by atoms with Gasteiger partial charge in [-0.1, -0.05) is 33.1 Å². The van der Waals surface area contributed by atoms with Gasteiger partial charge in [0.25, 0.3) is 0 Å². The van der Waals surface area contributed by atoms with Crippen molar-refractivity contribution < 1.29 is 4.70 Å². The molecular formula is C8H20FN. The molecule has 0 amide bonds. The fourth-order valence-corrected chi connectivity index (χ4v) is 0.981. The lowest BCUT2D eigenvalue weighted by molar-refractivity contribution is 0.461. The minimum absolute atomic E-state index is 0. The average Bonchev–Trinajstić information content (AvgIpc) is 1.91. The summed E-state index contributed by atoms with van der Waals surface area (Å²) in [6.45, 7) is 5.31. The summed E-state index contributed by atoms with van der Waals surface area (Å²) in [6, 6.07) is 0. The number of hydrogen-bond donors (Lipinski definition) is 1. The van der Waals surface area contributed by atoms with Gasteiger partial charge in [-0.25, -0.2) is 0 Å². The normalized spacial score (nSPS) is 12.3. The lowest BCUT2D eigenvalue weighted by atomic mass is 10.00. The largest absolute Gasteiger partial charge is 0.330 e. The maximum atomic E-state index is 5.52. The molecular weight excluding hydrogens is 129 g/mol. The predicted octanol–water partition coefficient (Wildman–Crippen LogP) is 2.31. The molecule has 2 N–H and O–H groups in total. The number of rotatable bonds is 5. The van der Waals surface area contributed by atoms with Gasteiger partial charge in [0.2, 0.25) is 0 Å². The Hall–Kier alpha value is -0.110. The van der Waals surface area contributed by atoms with E-state index < -0.39 is 0 Å². The number of halogens is 1. The van der Waals surface area contributed by atoms with Crippen molar-refractivity contribution in [3.63, 3.8) is 0 Å². The quantitative estimate of drug-likeness (QED) is 0.637. The van der Waals surface area contributed by atoms with Crippen molar-refractivity contribution in [2.24, 2.45) is 11.7 Å². The van der Waals surface area contributed by atoms with Crippen LogP contribution < -0.4 is 5.73 Å². The van der Waals surface area contributed by atoms with E-state index in [2.05, 4.69) is 13.8 Å². The monoisotopic (exact) mass is 149 g/mol. The molecule has 0 aromatic heterocycles. The standard InChI is InChI=1S/C8H19N.FH/c1-3-5-6-8(4-2)7-9;/h8H,3-7,9H2,1-2H3;1H. The summed E-state index contributed by atoms with van der Waals surface area (Å²) in [5, 5.41) is 0. The van der Waals surface area contributed by atoms with Gasteiger partial charge in [-0.3, -0.25) is 4.70 Å². The molecule has 0 aliphatic carbocycles. The van der Waals surface area contributed by atoms with Crippen molar-refractivity contribution in [1.82, 2.24) is 0 Å². The molecule has 0 saturated carbocycles. The first-order valence-corrected chi connectivity index (χ1v) is 4.05. The third-order valence-corrected chi connectivity index (χ3v) is 1.88. The second kappa shape index (κ2) is 8.89. The van der Waals surface area contributed by atoms with Crippen molar-refractivity contribution in [3.8, 4) is 0 Å². The molecule has 0 aliphatic rings. The molecule has 10 heavy (non-hydrogen) atoms. The van der Waals surface area contributed by atoms with E-state index in [9.17, 15) is 0 Å². The maximum absolute atomic E-state index is 5.52. The van der Waals surface area contributed by atoms with Gasteiger partial charge < -0.3 is 5.73 Å². The molecule has 0 aromatic carbocycles. The number of unbranched alkanes of at least 4 members (excludes halogenated alkanes) is 1. The van der Waals surface area contributed by atoms with Crippen LogP contribution in [0.2, 0.25) is 0 Å². The molecule has 1 atom stereocenters. The van der Waals surface area contributed by atoms with E-state index in [4.69, 9.17) is 5.73 Å². The summed E-state index contributed by atoms with van der Waals surface area (Å²) in [4.78, 5) is 0. The Morgan fingerprint density at radius 2 is 1.90 bits per heavy atom. The molecule has 1 nitrogen and oxygen atoms in total. The lowest BCUT2D eigenvalue weighted by Gasteiger charge is -2.09. The Labute approximate surface area is 63.4 Å². The van der Waals surface area contributed by atoms with E-state index in [0.717, 1.165) is 12.5 Å². The highest BCUT2D eigenvalue weighted by Crippen LogP contribution is 2.09. The second-order valence-electron chi connectivity index (χ2n) is 2.65. The molecule has 0 aliphatic heterocycles. The zero-order valence-electron chi connectivity index (χ0n) is 7.10. The van der Waals surface area contributed by atoms with Gasteiger partial charge in [0, 0.05) is 0 Å². The van der Waals surface area contributed by atoms with Crippen molar-refractivity contribution in [1.29, 1.82) is 0 Å².